The first kappa shape index (κ1) is 16.6. The highest BCUT2D eigenvalue weighted by molar-refractivity contribution is 5.76. The fraction of sp³-hybridized carbons (Fsp3) is 0.933. The number of carbonyl (C=O) groups is 1. The Kier molecular flexibility index (Phi) is 5.52. The van der Waals surface area contributed by atoms with Crippen LogP contribution in [0.2, 0.25) is 0 Å². The van der Waals surface area contributed by atoms with Gasteiger partial charge in [-0.05, 0) is 37.5 Å². The summed E-state index contributed by atoms with van der Waals surface area (Å²) in [6, 6.07) is 0. The van der Waals surface area contributed by atoms with E-state index in [9.17, 15) is 23.1 Å². The van der Waals surface area contributed by atoms with Gasteiger partial charge >= 0.3 is 6.18 Å². The fourth-order valence-electron chi connectivity index (χ4n) is 3.50. The maximum Gasteiger partial charge on any atom is 0.414 e. The molecule has 1 unspecified atom stereocenters. The lowest BCUT2D eigenvalue weighted by Gasteiger charge is -2.35. The Morgan fingerprint density at radius 1 is 1.10 bits per heavy atom. The minimum absolute atomic E-state index is 0.0712. The molecule has 1 saturated heterocycles. The molecule has 0 radical (unpaired) electrons. The normalized spacial score (nSPS) is 24.1. The van der Waals surface area contributed by atoms with E-state index in [4.69, 9.17) is 0 Å². The lowest BCUT2D eigenvalue weighted by Crippen LogP contribution is -2.45. The molecule has 1 heterocycles. The number of carbonyl (C=O) groups excluding carboxylic acids is 1. The summed E-state index contributed by atoms with van der Waals surface area (Å²) in [5, 5.41) is 9.27. The molecule has 3 nitrogen and oxygen atoms in total. The van der Waals surface area contributed by atoms with Crippen LogP contribution in [0.3, 0.4) is 0 Å². The van der Waals surface area contributed by atoms with Gasteiger partial charge in [0.1, 0.15) is 0 Å². The molecule has 1 amide bonds. The van der Waals surface area contributed by atoms with Crippen molar-refractivity contribution in [1.29, 1.82) is 0 Å². The van der Waals surface area contributed by atoms with Gasteiger partial charge in [0.25, 0.3) is 0 Å². The predicted molar refractivity (Wildman–Crippen MR) is 72.6 cm³/mol. The average Bonchev–Trinajstić information content (AvgIpc) is 2.46. The van der Waals surface area contributed by atoms with E-state index in [-0.39, 0.29) is 18.7 Å². The molecule has 1 aliphatic heterocycles. The number of amides is 1. The zero-order valence-corrected chi connectivity index (χ0v) is 12.2. The molecule has 2 fully saturated rings. The number of nitrogens with zero attached hydrogens (tertiary/aromatic N) is 1. The first-order valence-corrected chi connectivity index (χ1v) is 7.90. The molecule has 0 aromatic heterocycles. The molecule has 1 saturated carbocycles. The summed E-state index contributed by atoms with van der Waals surface area (Å²) in [4.78, 5) is 13.9. The van der Waals surface area contributed by atoms with Crippen LogP contribution < -0.4 is 0 Å². The Labute approximate surface area is 123 Å². The van der Waals surface area contributed by atoms with Gasteiger partial charge in [-0.25, -0.2) is 0 Å². The topological polar surface area (TPSA) is 40.5 Å². The molecular formula is C15H24F3NO2. The summed E-state index contributed by atoms with van der Waals surface area (Å²) in [5.74, 6) is -0.254. The van der Waals surface area contributed by atoms with E-state index in [0.717, 1.165) is 12.8 Å². The molecule has 0 bridgehead atoms. The maximum absolute atomic E-state index is 12.5. The van der Waals surface area contributed by atoms with Gasteiger partial charge in [0, 0.05) is 19.5 Å². The van der Waals surface area contributed by atoms with Crippen molar-refractivity contribution in [3.05, 3.63) is 0 Å². The van der Waals surface area contributed by atoms with E-state index < -0.39 is 18.2 Å². The van der Waals surface area contributed by atoms with Gasteiger partial charge < -0.3 is 10.0 Å². The summed E-state index contributed by atoms with van der Waals surface area (Å²) in [6.07, 6.45) is -0.0296. The van der Waals surface area contributed by atoms with Crippen LogP contribution in [0.5, 0.6) is 0 Å². The molecule has 21 heavy (non-hydrogen) atoms. The van der Waals surface area contributed by atoms with Gasteiger partial charge in [0.2, 0.25) is 5.91 Å². The van der Waals surface area contributed by atoms with Crippen LogP contribution in [0.4, 0.5) is 13.2 Å². The summed E-state index contributed by atoms with van der Waals surface area (Å²) in [7, 11) is 0. The quantitative estimate of drug-likeness (QED) is 0.870. The standard InChI is InChI=1S/C15H24F3NO2/c16-15(17,18)14(21)12-6-8-19(9-7-12)13(20)10-11-4-2-1-3-5-11/h11-12,14,21H,1-10H2. The van der Waals surface area contributed by atoms with Gasteiger partial charge in [-0.2, -0.15) is 13.2 Å². The molecule has 122 valence electrons. The number of alkyl halides is 3. The third-order valence-electron chi connectivity index (χ3n) is 4.86. The van der Waals surface area contributed by atoms with E-state index >= 15 is 0 Å². The number of aliphatic hydroxyl groups excluding tert-OH is 1. The molecule has 1 atom stereocenters. The minimum atomic E-state index is -4.56. The Morgan fingerprint density at radius 2 is 1.67 bits per heavy atom. The molecule has 0 aromatic rings. The second-order valence-electron chi connectivity index (χ2n) is 6.41. The second-order valence-corrected chi connectivity index (χ2v) is 6.41. The van der Waals surface area contributed by atoms with Crippen LogP contribution in [-0.4, -0.2) is 41.3 Å². The van der Waals surface area contributed by atoms with E-state index in [1.165, 1.54) is 19.3 Å². The van der Waals surface area contributed by atoms with Gasteiger partial charge in [-0.1, -0.05) is 19.3 Å². The number of halogens is 3. The largest absolute Gasteiger partial charge is 0.414 e. The molecule has 2 aliphatic rings. The average molecular weight is 307 g/mol. The monoisotopic (exact) mass is 307 g/mol. The van der Waals surface area contributed by atoms with Gasteiger partial charge in [0.15, 0.2) is 6.10 Å². The lowest BCUT2D eigenvalue weighted by atomic mass is 9.86. The van der Waals surface area contributed by atoms with Crippen molar-refractivity contribution in [2.75, 3.05) is 13.1 Å². The summed E-state index contributed by atoms with van der Waals surface area (Å²) in [5.41, 5.74) is 0. The number of piperidine rings is 1. The van der Waals surface area contributed by atoms with Gasteiger partial charge in [-0.3, -0.25) is 4.79 Å². The number of likely N-dealkylation sites (tertiary alicyclic amines) is 1. The number of hydrogen-bond donors (Lipinski definition) is 1. The summed E-state index contributed by atoms with van der Waals surface area (Å²) in [6.45, 7) is 0.673. The van der Waals surface area contributed by atoms with E-state index in [1.807, 2.05) is 0 Å². The molecule has 1 N–H and O–H groups in total. The fourth-order valence-corrected chi connectivity index (χ4v) is 3.50. The van der Waals surface area contributed by atoms with Gasteiger partial charge in [-0.15, -0.1) is 0 Å². The number of rotatable bonds is 3. The molecule has 6 heteroatoms. The Bertz CT molecular complexity index is 345. The van der Waals surface area contributed by atoms with Crippen molar-refractivity contribution in [3.8, 4) is 0 Å². The molecular weight excluding hydrogens is 283 g/mol. The second kappa shape index (κ2) is 6.99. The maximum atomic E-state index is 12.5. The molecule has 2 rings (SSSR count). The molecule has 0 spiro atoms. The number of hydrogen-bond acceptors (Lipinski definition) is 2. The Morgan fingerprint density at radius 3 is 2.19 bits per heavy atom. The van der Waals surface area contributed by atoms with Crippen molar-refractivity contribution >= 4 is 5.91 Å². The van der Waals surface area contributed by atoms with Crippen molar-refractivity contribution in [3.63, 3.8) is 0 Å². The predicted octanol–water partition coefficient (Wildman–Crippen LogP) is 3.12. The molecule has 1 aliphatic carbocycles. The van der Waals surface area contributed by atoms with E-state index in [0.29, 0.717) is 25.4 Å². The van der Waals surface area contributed by atoms with E-state index in [2.05, 4.69) is 0 Å². The minimum Gasteiger partial charge on any atom is -0.383 e. The highest BCUT2D eigenvalue weighted by Crippen LogP contribution is 2.32. The van der Waals surface area contributed by atoms with Crippen LogP contribution in [0, 0.1) is 11.8 Å². The third-order valence-corrected chi connectivity index (χ3v) is 4.86. The highest BCUT2D eigenvalue weighted by atomic mass is 19.4. The number of aliphatic hydroxyl groups is 1. The zero-order valence-electron chi connectivity index (χ0n) is 12.2. The van der Waals surface area contributed by atoms with Crippen LogP contribution in [0.25, 0.3) is 0 Å². The summed E-state index contributed by atoms with van der Waals surface area (Å²) < 4.78 is 37.4. The first-order valence-electron chi connectivity index (χ1n) is 7.90. The van der Waals surface area contributed by atoms with Crippen molar-refractivity contribution < 1.29 is 23.1 Å². The van der Waals surface area contributed by atoms with Crippen molar-refractivity contribution in [2.24, 2.45) is 11.8 Å². The van der Waals surface area contributed by atoms with E-state index in [1.54, 1.807) is 4.90 Å². The Balaban J connectivity index is 1.76. The van der Waals surface area contributed by atoms with Crippen LogP contribution in [0.1, 0.15) is 51.4 Å². The Hall–Kier alpha value is -0.780. The first-order chi connectivity index (χ1) is 9.88. The van der Waals surface area contributed by atoms with Crippen LogP contribution in [-0.2, 0) is 4.79 Å². The zero-order chi connectivity index (χ0) is 15.5. The summed E-state index contributed by atoms with van der Waals surface area (Å²) >= 11 is 0. The third kappa shape index (κ3) is 4.59. The van der Waals surface area contributed by atoms with Gasteiger partial charge in [0.05, 0.1) is 0 Å². The SMILES string of the molecule is O=C(CC1CCCCC1)N1CCC(C(O)C(F)(F)F)CC1. The van der Waals surface area contributed by atoms with Crippen molar-refractivity contribution in [2.45, 2.75) is 63.6 Å². The van der Waals surface area contributed by atoms with Crippen molar-refractivity contribution in [1.82, 2.24) is 4.90 Å². The van der Waals surface area contributed by atoms with Crippen LogP contribution >= 0.6 is 0 Å². The lowest BCUT2D eigenvalue weighted by molar-refractivity contribution is -0.222. The smallest absolute Gasteiger partial charge is 0.383 e. The molecule has 0 aromatic carbocycles. The highest BCUT2D eigenvalue weighted by Gasteiger charge is 2.44. The van der Waals surface area contributed by atoms with Crippen LogP contribution in [0.15, 0.2) is 0 Å².